The van der Waals surface area contributed by atoms with Crippen molar-refractivity contribution in [2.75, 3.05) is 0 Å². The van der Waals surface area contributed by atoms with Crippen LogP contribution in [0.15, 0.2) is 22.6 Å². The van der Waals surface area contributed by atoms with Crippen molar-refractivity contribution in [2.24, 2.45) is 5.41 Å². The number of aromatic nitrogens is 1. The summed E-state index contributed by atoms with van der Waals surface area (Å²) in [6.07, 6.45) is 0.701. The Balaban J connectivity index is 2.42. The van der Waals surface area contributed by atoms with Gasteiger partial charge in [-0.1, -0.05) is 32.9 Å². The molecule has 0 fully saturated rings. The van der Waals surface area contributed by atoms with E-state index in [1.165, 1.54) is 0 Å². The van der Waals surface area contributed by atoms with E-state index in [9.17, 15) is 4.79 Å². The summed E-state index contributed by atoms with van der Waals surface area (Å²) in [4.78, 5) is 14.9. The number of para-hydroxylation sites is 1. The fourth-order valence-electron chi connectivity index (χ4n) is 1.97. The van der Waals surface area contributed by atoms with Crippen molar-refractivity contribution in [3.63, 3.8) is 0 Å². The lowest BCUT2D eigenvalue weighted by Crippen LogP contribution is -2.09. The first-order chi connectivity index (χ1) is 8.35. The normalized spacial score (nSPS) is 11.9. The van der Waals surface area contributed by atoms with Crippen molar-refractivity contribution in [2.45, 2.75) is 33.6 Å². The molecule has 1 heterocycles. The summed E-state index contributed by atoms with van der Waals surface area (Å²) in [5.74, 6) is -0.669. The summed E-state index contributed by atoms with van der Waals surface area (Å²) in [5, 5.41) is 8.75. The van der Waals surface area contributed by atoms with Gasteiger partial charge >= 0.3 is 5.97 Å². The van der Waals surface area contributed by atoms with Gasteiger partial charge in [0.2, 0.25) is 5.89 Å². The molecule has 4 heteroatoms. The van der Waals surface area contributed by atoms with Crippen LogP contribution < -0.4 is 0 Å². The minimum Gasteiger partial charge on any atom is -0.481 e. The number of nitrogens with zero attached hydrogens (tertiary/aromatic N) is 1. The zero-order chi connectivity index (χ0) is 13.3. The number of carboxylic acid groups (broad SMARTS) is 1. The maximum atomic E-state index is 10.7. The van der Waals surface area contributed by atoms with Crippen molar-refractivity contribution < 1.29 is 14.3 Å². The van der Waals surface area contributed by atoms with Crippen LogP contribution in [0, 0.1) is 5.41 Å². The van der Waals surface area contributed by atoms with Crippen molar-refractivity contribution >= 4 is 17.1 Å². The summed E-state index contributed by atoms with van der Waals surface area (Å²) in [6, 6.07) is 5.75. The predicted octanol–water partition coefficient (Wildman–Crippen LogP) is 3.04. The number of hydrogen-bond acceptors (Lipinski definition) is 3. The molecule has 0 saturated heterocycles. The maximum absolute atomic E-state index is 10.7. The van der Waals surface area contributed by atoms with E-state index in [1.807, 2.05) is 18.2 Å². The van der Waals surface area contributed by atoms with E-state index >= 15 is 0 Å². The first kappa shape index (κ1) is 12.6. The van der Waals surface area contributed by atoms with E-state index < -0.39 is 5.97 Å². The van der Waals surface area contributed by atoms with E-state index in [0.717, 1.165) is 17.5 Å². The molecule has 0 bridgehead atoms. The summed E-state index contributed by atoms with van der Waals surface area (Å²) in [5.41, 5.74) is 2.69. The lowest BCUT2D eigenvalue weighted by Gasteiger charge is -2.17. The van der Waals surface area contributed by atoms with Crippen LogP contribution in [0.2, 0.25) is 0 Å². The number of benzene rings is 1. The SMILES string of the molecule is CC(C)(C)Cc1cccc2oc(CC(=O)O)nc12. The Morgan fingerprint density at radius 3 is 2.72 bits per heavy atom. The monoisotopic (exact) mass is 247 g/mol. The highest BCUT2D eigenvalue weighted by Crippen LogP contribution is 2.26. The minimum absolute atomic E-state index is 0.153. The molecule has 0 aliphatic carbocycles. The third kappa shape index (κ3) is 2.88. The number of aliphatic carboxylic acids is 1. The Morgan fingerprint density at radius 2 is 2.11 bits per heavy atom. The molecule has 2 aromatic rings. The van der Waals surface area contributed by atoms with Crippen molar-refractivity contribution in [1.29, 1.82) is 0 Å². The molecule has 2 rings (SSSR count). The molecule has 0 unspecified atom stereocenters. The Labute approximate surface area is 106 Å². The number of carbonyl (C=O) groups is 1. The fraction of sp³-hybridized carbons (Fsp3) is 0.429. The molecular weight excluding hydrogens is 230 g/mol. The van der Waals surface area contributed by atoms with Gasteiger partial charge in [-0.05, 0) is 23.5 Å². The van der Waals surface area contributed by atoms with Crippen LogP contribution in [0.5, 0.6) is 0 Å². The maximum Gasteiger partial charge on any atom is 0.312 e. The quantitative estimate of drug-likeness (QED) is 0.905. The Hall–Kier alpha value is -1.84. The molecule has 0 aliphatic heterocycles. The van der Waals surface area contributed by atoms with Crippen LogP contribution in [0.4, 0.5) is 0 Å². The third-order valence-corrected chi connectivity index (χ3v) is 2.57. The lowest BCUT2D eigenvalue weighted by molar-refractivity contribution is -0.136. The molecule has 0 amide bonds. The van der Waals surface area contributed by atoms with E-state index in [1.54, 1.807) is 0 Å². The highest BCUT2D eigenvalue weighted by Gasteiger charge is 2.17. The molecule has 0 atom stereocenters. The summed E-state index contributed by atoms with van der Waals surface area (Å²) < 4.78 is 5.44. The van der Waals surface area contributed by atoms with Gasteiger partial charge in [-0.2, -0.15) is 0 Å². The first-order valence-electron chi connectivity index (χ1n) is 5.94. The number of carboxylic acids is 1. The van der Waals surface area contributed by atoms with Crippen LogP contribution in [0.25, 0.3) is 11.1 Å². The Bertz CT molecular complexity index is 578. The fourth-order valence-corrected chi connectivity index (χ4v) is 1.97. The van der Waals surface area contributed by atoms with Crippen LogP contribution in [-0.2, 0) is 17.6 Å². The average molecular weight is 247 g/mol. The standard InChI is InChI=1S/C14H17NO3/c1-14(2,3)8-9-5-4-6-10-13(9)15-11(18-10)7-12(16)17/h4-6H,7-8H2,1-3H3,(H,16,17). The number of oxazole rings is 1. The first-order valence-corrected chi connectivity index (χ1v) is 5.94. The van der Waals surface area contributed by atoms with Gasteiger partial charge in [0.15, 0.2) is 5.58 Å². The highest BCUT2D eigenvalue weighted by molar-refractivity contribution is 5.78. The second-order valence-corrected chi connectivity index (χ2v) is 5.68. The van der Waals surface area contributed by atoms with Crippen LogP contribution in [0.1, 0.15) is 32.2 Å². The van der Waals surface area contributed by atoms with Gasteiger partial charge in [-0.15, -0.1) is 0 Å². The van der Waals surface area contributed by atoms with Crippen molar-refractivity contribution in [1.82, 2.24) is 4.98 Å². The zero-order valence-corrected chi connectivity index (χ0v) is 10.9. The summed E-state index contributed by atoms with van der Waals surface area (Å²) in [6.45, 7) is 6.47. The molecule has 1 aromatic heterocycles. The molecule has 96 valence electrons. The van der Waals surface area contributed by atoms with E-state index in [-0.39, 0.29) is 17.7 Å². The van der Waals surface area contributed by atoms with Gasteiger partial charge in [-0.25, -0.2) is 4.98 Å². The largest absolute Gasteiger partial charge is 0.481 e. The summed E-state index contributed by atoms with van der Waals surface area (Å²) >= 11 is 0. The van der Waals surface area contributed by atoms with Gasteiger partial charge in [0.05, 0.1) is 0 Å². The Morgan fingerprint density at radius 1 is 1.39 bits per heavy atom. The number of rotatable bonds is 3. The molecule has 1 aromatic carbocycles. The van der Waals surface area contributed by atoms with Gasteiger partial charge in [0.1, 0.15) is 11.9 Å². The van der Waals surface area contributed by atoms with E-state index in [0.29, 0.717) is 5.58 Å². The Kier molecular flexibility index (Phi) is 3.11. The molecule has 0 radical (unpaired) electrons. The number of fused-ring (bicyclic) bond motifs is 1. The van der Waals surface area contributed by atoms with Crippen molar-refractivity contribution in [3.8, 4) is 0 Å². The van der Waals surface area contributed by atoms with Crippen LogP contribution >= 0.6 is 0 Å². The molecular formula is C14H17NO3. The van der Waals surface area contributed by atoms with Gasteiger partial charge < -0.3 is 9.52 Å². The van der Waals surface area contributed by atoms with Crippen LogP contribution in [0.3, 0.4) is 0 Å². The molecule has 0 aliphatic rings. The topological polar surface area (TPSA) is 63.3 Å². The zero-order valence-electron chi connectivity index (χ0n) is 10.9. The molecule has 0 saturated carbocycles. The molecule has 4 nitrogen and oxygen atoms in total. The minimum atomic E-state index is -0.932. The lowest BCUT2D eigenvalue weighted by atomic mass is 9.88. The molecule has 1 N–H and O–H groups in total. The summed E-state index contributed by atoms with van der Waals surface area (Å²) in [7, 11) is 0. The second-order valence-electron chi connectivity index (χ2n) is 5.68. The van der Waals surface area contributed by atoms with Crippen LogP contribution in [-0.4, -0.2) is 16.1 Å². The van der Waals surface area contributed by atoms with Gasteiger partial charge in [0.25, 0.3) is 0 Å². The second kappa shape index (κ2) is 4.44. The molecule has 18 heavy (non-hydrogen) atoms. The third-order valence-electron chi connectivity index (χ3n) is 2.57. The number of hydrogen-bond donors (Lipinski definition) is 1. The van der Waals surface area contributed by atoms with E-state index in [2.05, 4.69) is 25.8 Å². The van der Waals surface area contributed by atoms with Gasteiger partial charge in [-0.3, -0.25) is 4.79 Å². The van der Waals surface area contributed by atoms with Crippen molar-refractivity contribution in [3.05, 3.63) is 29.7 Å². The smallest absolute Gasteiger partial charge is 0.312 e. The predicted molar refractivity (Wildman–Crippen MR) is 68.5 cm³/mol. The molecule has 0 spiro atoms. The van der Waals surface area contributed by atoms with E-state index in [4.69, 9.17) is 9.52 Å². The van der Waals surface area contributed by atoms with Gasteiger partial charge in [0, 0.05) is 0 Å². The average Bonchev–Trinajstić information content (AvgIpc) is 2.57. The highest BCUT2D eigenvalue weighted by atomic mass is 16.4.